The summed E-state index contributed by atoms with van der Waals surface area (Å²) >= 11 is 0. The van der Waals surface area contributed by atoms with E-state index in [0.717, 1.165) is 44.5 Å². The van der Waals surface area contributed by atoms with Gasteiger partial charge >= 0.3 is 0 Å². The topological polar surface area (TPSA) is 44.7 Å². The van der Waals surface area contributed by atoms with Gasteiger partial charge in [-0.15, -0.1) is 0 Å². The van der Waals surface area contributed by atoms with Crippen molar-refractivity contribution in [2.24, 2.45) is 11.0 Å². The van der Waals surface area contributed by atoms with Gasteiger partial charge in [-0.2, -0.15) is 5.10 Å². The van der Waals surface area contributed by atoms with Crippen LogP contribution in [0, 0.1) is 5.92 Å². The highest BCUT2D eigenvalue weighted by Gasteiger charge is 2.29. The normalized spacial score (nSPS) is 23.4. The molecule has 2 fully saturated rings. The number of carbonyl (C=O) groups excluding carboxylic acids is 1. The van der Waals surface area contributed by atoms with Gasteiger partial charge < -0.3 is 4.90 Å². The Bertz CT molecular complexity index is 248. The summed E-state index contributed by atoms with van der Waals surface area (Å²) in [7, 11) is 2.11. The summed E-state index contributed by atoms with van der Waals surface area (Å²) in [6.45, 7) is 2.11. The van der Waals surface area contributed by atoms with E-state index in [9.17, 15) is 4.79 Å². The molecule has 14 heavy (non-hydrogen) atoms. The molecule has 4 heteroatoms. The Labute approximate surface area is 84.3 Å². The SMILES string of the molecule is CN1CCC(=NNC(=O)C2CC2)CC1. The highest BCUT2D eigenvalue weighted by Crippen LogP contribution is 2.28. The summed E-state index contributed by atoms with van der Waals surface area (Å²) in [5.74, 6) is 0.363. The second kappa shape index (κ2) is 4.09. The molecular formula is C10H17N3O. The molecule has 0 radical (unpaired) electrons. The molecule has 0 bridgehead atoms. The Morgan fingerprint density at radius 2 is 2.07 bits per heavy atom. The maximum absolute atomic E-state index is 11.3. The van der Waals surface area contributed by atoms with Gasteiger partial charge in [-0.1, -0.05) is 0 Å². The lowest BCUT2D eigenvalue weighted by Gasteiger charge is -2.22. The molecule has 4 nitrogen and oxygen atoms in total. The van der Waals surface area contributed by atoms with Gasteiger partial charge in [0.05, 0.1) is 0 Å². The van der Waals surface area contributed by atoms with Gasteiger partial charge in [0.2, 0.25) is 5.91 Å². The van der Waals surface area contributed by atoms with Crippen molar-refractivity contribution in [2.75, 3.05) is 20.1 Å². The van der Waals surface area contributed by atoms with Crippen LogP contribution in [0.3, 0.4) is 0 Å². The monoisotopic (exact) mass is 195 g/mol. The lowest BCUT2D eigenvalue weighted by atomic mass is 10.1. The Kier molecular flexibility index (Phi) is 2.82. The molecular weight excluding hydrogens is 178 g/mol. The zero-order valence-electron chi connectivity index (χ0n) is 8.62. The molecule has 1 aliphatic heterocycles. The number of hydrogen-bond donors (Lipinski definition) is 1. The molecule has 0 aromatic heterocycles. The largest absolute Gasteiger partial charge is 0.306 e. The van der Waals surface area contributed by atoms with E-state index in [-0.39, 0.29) is 11.8 Å². The molecule has 0 aromatic rings. The van der Waals surface area contributed by atoms with Crippen molar-refractivity contribution in [3.8, 4) is 0 Å². The Morgan fingerprint density at radius 3 is 2.64 bits per heavy atom. The number of piperidine rings is 1. The first-order chi connectivity index (χ1) is 6.75. The van der Waals surface area contributed by atoms with Gasteiger partial charge in [0.25, 0.3) is 0 Å². The number of hydrogen-bond acceptors (Lipinski definition) is 3. The second-order valence-corrected chi connectivity index (χ2v) is 4.23. The van der Waals surface area contributed by atoms with Crippen LogP contribution >= 0.6 is 0 Å². The molecule has 2 rings (SSSR count). The quantitative estimate of drug-likeness (QED) is 0.656. The fourth-order valence-corrected chi connectivity index (χ4v) is 1.56. The van der Waals surface area contributed by atoms with E-state index >= 15 is 0 Å². The zero-order chi connectivity index (χ0) is 9.97. The highest BCUT2D eigenvalue weighted by molar-refractivity contribution is 5.88. The van der Waals surface area contributed by atoms with Crippen molar-refractivity contribution in [1.29, 1.82) is 0 Å². The van der Waals surface area contributed by atoms with E-state index < -0.39 is 0 Å². The predicted molar refractivity (Wildman–Crippen MR) is 55.0 cm³/mol. The van der Waals surface area contributed by atoms with Crippen LogP contribution in [0.5, 0.6) is 0 Å². The van der Waals surface area contributed by atoms with Crippen LogP contribution < -0.4 is 5.43 Å². The van der Waals surface area contributed by atoms with Gasteiger partial charge in [-0.3, -0.25) is 4.79 Å². The number of likely N-dealkylation sites (tertiary alicyclic amines) is 1. The highest BCUT2D eigenvalue weighted by atomic mass is 16.2. The van der Waals surface area contributed by atoms with E-state index in [0.29, 0.717) is 0 Å². The lowest BCUT2D eigenvalue weighted by Crippen LogP contribution is -2.32. The number of amides is 1. The number of nitrogens with one attached hydrogen (secondary N) is 1. The first kappa shape index (κ1) is 9.65. The van der Waals surface area contributed by atoms with Crippen LogP contribution in [-0.2, 0) is 4.79 Å². The molecule has 0 aromatic carbocycles. The minimum Gasteiger partial charge on any atom is -0.306 e. The minimum absolute atomic E-state index is 0.108. The zero-order valence-corrected chi connectivity index (χ0v) is 8.62. The Balaban J connectivity index is 1.76. The van der Waals surface area contributed by atoms with Crippen molar-refractivity contribution < 1.29 is 4.79 Å². The number of hydrazone groups is 1. The number of nitrogens with zero attached hydrogens (tertiary/aromatic N) is 2. The fraction of sp³-hybridized carbons (Fsp3) is 0.800. The van der Waals surface area contributed by atoms with Crippen LogP contribution in [0.1, 0.15) is 25.7 Å². The van der Waals surface area contributed by atoms with Gasteiger partial charge in [0.15, 0.2) is 0 Å². The van der Waals surface area contributed by atoms with Gasteiger partial charge in [0.1, 0.15) is 0 Å². The van der Waals surface area contributed by atoms with E-state index in [1.54, 1.807) is 0 Å². The third-order valence-electron chi connectivity index (χ3n) is 2.84. The summed E-state index contributed by atoms with van der Waals surface area (Å²) in [4.78, 5) is 13.6. The number of rotatable bonds is 2. The second-order valence-electron chi connectivity index (χ2n) is 4.23. The standard InChI is InChI=1S/C10H17N3O/c1-13-6-4-9(5-7-13)11-12-10(14)8-2-3-8/h8H,2-7H2,1H3,(H,12,14). The van der Waals surface area contributed by atoms with E-state index in [1.165, 1.54) is 0 Å². The van der Waals surface area contributed by atoms with Crippen LogP contribution in [0.25, 0.3) is 0 Å². The average molecular weight is 195 g/mol. The van der Waals surface area contributed by atoms with Gasteiger partial charge in [0, 0.05) is 37.6 Å². The third-order valence-corrected chi connectivity index (χ3v) is 2.84. The summed E-state index contributed by atoms with van der Waals surface area (Å²) in [5, 5.41) is 4.17. The predicted octanol–water partition coefficient (Wildman–Crippen LogP) is 0.594. The van der Waals surface area contributed by atoms with Gasteiger partial charge in [-0.25, -0.2) is 5.43 Å². The van der Waals surface area contributed by atoms with E-state index in [4.69, 9.17) is 0 Å². The summed E-state index contributed by atoms with van der Waals surface area (Å²) in [6, 6.07) is 0. The molecule has 1 amide bonds. The molecule has 0 unspecified atom stereocenters. The first-order valence-electron chi connectivity index (χ1n) is 5.29. The molecule has 2 aliphatic rings. The lowest BCUT2D eigenvalue weighted by molar-refractivity contribution is -0.122. The maximum atomic E-state index is 11.3. The van der Waals surface area contributed by atoms with Crippen molar-refractivity contribution in [3.05, 3.63) is 0 Å². The molecule has 1 N–H and O–H groups in total. The molecule has 1 heterocycles. The van der Waals surface area contributed by atoms with E-state index in [1.807, 2.05) is 0 Å². The van der Waals surface area contributed by atoms with Crippen molar-refractivity contribution in [1.82, 2.24) is 10.3 Å². The smallest absolute Gasteiger partial charge is 0.243 e. The van der Waals surface area contributed by atoms with Crippen LogP contribution in [-0.4, -0.2) is 36.7 Å². The maximum Gasteiger partial charge on any atom is 0.243 e. The number of carbonyl (C=O) groups is 1. The van der Waals surface area contributed by atoms with Crippen molar-refractivity contribution in [2.45, 2.75) is 25.7 Å². The third kappa shape index (κ3) is 2.54. The average Bonchev–Trinajstić information content (AvgIpc) is 3.00. The molecule has 78 valence electrons. The summed E-state index contributed by atoms with van der Waals surface area (Å²) in [6.07, 6.45) is 4.06. The summed E-state index contributed by atoms with van der Waals surface area (Å²) in [5.41, 5.74) is 3.80. The molecule has 1 saturated carbocycles. The Hall–Kier alpha value is -0.900. The van der Waals surface area contributed by atoms with Crippen LogP contribution in [0.4, 0.5) is 0 Å². The fourth-order valence-electron chi connectivity index (χ4n) is 1.56. The molecule has 1 aliphatic carbocycles. The van der Waals surface area contributed by atoms with Crippen molar-refractivity contribution >= 4 is 11.6 Å². The van der Waals surface area contributed by atoms with E-state index in [2.05, 4.69) is 22.5 Å². The van der Waals surface area contributed by atoms with Crippen LogP contribution in [0.2, 0.25) is 0 Å². The van der Waals surface area contributed by atoms with Crippen LogP contribution in [0.15, 0.2) is 5.10 Å². The first-order valence-corrected chi connectivity index (χ1v) is 5.29. The molecule has 1 saturated heterocycles. The minimum atomic E-state index is 0.108. The molecule has 0 atom stereocenters. The Morgan fingerprint density at radius 1 is 1.43 bits per heavy atom. The summed E-state index contributed by atoms with van der Waals surface area (Å²) < 4.78 is 0. The van der Waals surface area contributed by atoms with Crippen molar-refractivity contribution in [3.63, 3.8) is 0 Å². The molecule has 0 spiro atoms. The van der Waals surface area contributed by atoms with Gasteiger partial charge in [-0.05, 0) is 19.9 Å².